The van der Waals surface area contributed by atoms with Gasteiger partial charge in [0.1, 0.15) is 13.2 Å². The van der Waals surface area contributed by atoms with Crippen LogP contribution in [0.15, 0.2) is 97.2 Å². The Morgan fingerprint density at radius 3 is 1.00 bits per heavy atom. The molecular weight excluding hydrogens is 877 g/mol. The standard InChI is InChI=1S/C65H110O6/c1-4-7-10-13-16-19-22-25-28-30-32-34-37-40-43-46-49-52-55-58-64(67)70-61-62(60-69-63(66)57-54-51-48-45-42-39-36-27-24-21-18-15-12-9-6-3)71-65(68)59-56-53-50-47-44-41-38-35-33-31-29-26-23-20-17-14-11-8-5-2/h7,10,16-17,19-21,23-26,28,32,34,40,43,62H,4-6,8-9,11-15,18,22,27,29-31,33,35-39,41-42,44-61H2,1-3H3/b10-7-,19-16-,20-17-,24-21-,26-23-,28-25-,34-32-,43-40-. The Morgan fingerprint density at radius 2 is 0.592 bits per heavy atom. The fraction of sp³-hybridized carbons (Fsp3) is 0.708. The first-order valence-corrected chi connectivity index (χ1v) is 29.8. The third-order valence-corrected chi connectivity index (χ3v) is 12.6. The predicted octanol–water partition coefficient (Wildman–Crippen LogP) is 20.1. The zero-order valence-electron chi connectivity index (χ0n) is 46.5. The van der Waals surface area contributed by atoms with Gasteiger partial charge in [0.25, 0.3) is 0 Å². The van der Waals surface area contributed by atoms with Crippen molar-refractivity contribution in [1.29, 1.82) is 0 Å². The molecule has 0 aliphatic heterocycles. The molecule has 6 nitrogen and oxygen atoms in total. The fourth-order valence-corrected chi connectivity index (χ4v) is 8.10. The number of ether oxygens (including phenoxy) is 3. The number of carbonyl (C=O) groups excluding carboxylic acids is 3. The smallest absolute Gasteiger partial charge is 0.306 e. The van der Waals surface area contributed by atoms with E-state index in [1.807, 2.05) is 0 Å². The zero-order chi connectivity index (χ0) is 51.4. The van der Waals surface area contributed by atoms with E-state index < -0.39 is 6.10 Å². The molecule has 0 heterocycles. The second-order valence-electron chi connectivity index (χ2n) is 19.5. The van der Waals surface area contributed by atoms with Crippen LogP contribution in [-0.2, 0) is 28.6 Å². The largest absolute Gasteiger partial charge is 0.462 e. The molecule has 406 valence electrons. The van der Waals surface area contributed by atoms with Crippen LogP contribution in [0.3, 0.4) is 0 Å². The van der Waals surface area contributed by atoms with E-state index in [9.17, 15) is 14.4 Å². The minimum atomic E-state index is -0.796. The Morgan fingerprint density at radius 1 is 0.310 bits per heavy atom. The van der Waals surface area contributed by atoms with Crippen molar-refractivity contribution in [3.8, 4) is 0 Å². The highest BCUT2D eigenvalue weighted by atomic mass is 16.6. The Balaban J connectivity index is 4.45. The lowest BCUT2D eigenvalue weighted by atomic mass is 10.1. The van der Waals surface area contributed by atoms with Crippen molar-refractivity contribution in [2.45, 2.75) is 284 Å². The van der Waals surface area contributed by atoms with E-state index in [1.54, 1.807) is 0 Å². The summed E-state index contributed by atoms with van der Waals surface area (Å²) in [7, 11) is 0. The van der Waals surface area contributed by atoms with E-state index in [2.05, 4.69) is 118 Å². The Hall–Kier alpha value is -3.67. The number of rotatable bonds is 53. The first kappa shape index (κ1) is 67.3. The van der Waals surface area contributed by atoms with Crippen molar-refractivity contribution in [3.63, 3.8) is 0 Å². The maximum absolute atomic E-state index is 12.9. The van der Waals surface area contributed by atoms with Gasteiger partial charge in [-0.15, -0.1) is 0 Å². The summed E-state index contributed by atoms with van der Waals surface area (Å²) in [6.45, 7) is 6.47. The minimum absolute atomic E-state index is 0.0917. The molecule has 0 aromatic heterocycles. The number of hydrogen-bond donors (Lipinski definition) is 0. The van der Waals surface area contributed by atoms with Gasteiger partial charge in [-0.25, -0.2) is 0 Å². The van der Waals surface area contributed by atoms with Gasteiger partial charge < -0.3 is 14.2 Å². The number of esters is 3. The maximum atomic E-state index is 12.9. The van der Waals surface area contributed by atoms with E-state index in [-0.39, 0.29) is 31.1 Å². The van der Waals surface area contributed by atoms with Gasteiger partial charge in [0.05, 0.1) is 0 Å². The van der Waals surface area contributed by atoms with Gasteiger partial charge in [0.15, 0.2) is 6.10 Å². The van der Waals surface area contributed by atoms with Crippen LogP contribution in [0.5, 0.6) is 0 Å². The van der Waals surface area contributed by atoms with E-state index in [0.29, 0.717) is 19.3 Å². The Labute approximate surface area is 438 Å². The molecule has 0 aromatic rings. The summed E-state index contributed by atoms with van der Waals surface area (Å²) in [4.78, 5) is 38.2. The molecular formula is C65H110O6. The maximum Gasteiger partial charge on any atom is 0.306 e. The quantitative estimate of drug-likeness (QED) is 0.0199. The molecule has 0 aromatic carbocycles. The first-order valence-electron chi connectivity index (χ1n) is 29.8. The fourth-order valence-electron chi connectivity index (χ4n) is 8.10. The average Bonchev–Trinajstić information content (AvgIpc) is 3.37. The minimum Gasteiger partial charge on any atom is -0.462 e. The number of hydrogen-bond acceptors (Lipinski definition) is 6. The average molecular weight is 988 g/mol. The predicted molar refractivity (Wildman–Crippen MR) is 307 cm³/mol. The topological polar surface area (TPSA) is 78.9 Å². The molecule has 0 bridgehead atoms. The van der Waals surface area contributed by atoms with Crippen molar-refractivity contribution in [3.05, 3.63) is 97.2 Å². The van der Waals surface area contributed by atoms with Crippen LogP contribution >= 0.6 is 0 Å². The van der Waals surface area contributed by atoms with Crippen LogP contribution in [0.25, 0.3) is 0 Å². The summed E-state index contributed by atoms with van der Waals surface area (Å²) in [5, 5.41) is 0. The van der Waals surface area contributed by atoms with Crippen molar-refractivity contribution in [2.24, 2.45) is 0 Å². The lowest BCUT2D eigenvalue weighted by molar-refractivity contribution is -0.167. The molecule has 0 spiro atoms. The normalized spacial score (nSPS) is 12.8. The molecule has 1 unspecified atom stereocenters. The summed E-state index contributed by atoms with van der Waals surface area (Å²) in [5.41, 5.74) is 0. The van der Waals surface area contributed by atoms with Crippen LogP contribution in [0.4, 0.5) is 0 Å². The van der Waals surface area contributed by atoms with Gasteiger partial charge in [-0.2, -0.15) is 0 Å². The molecule has 0 saturated heterocycles. The zero-order valence-corrected chi connectivity index (χ0v) is 46.5. The van der Waals surface area contributed by atoms with Gasteiger partial charge in [0.2, 0.25) is 0 Å². The monoisotopic (exact) mass is 987 g/mol. The molecule has 6 heteroatoms. The molecule has 0 N–H and O–H groups in total. The van der Waals surface area contributed by atoms with Crippen LogP contribution in [0.2, 0.25) is 0 Å². The van der Waals surface area contributed by atoms with Crippen molar-refractivity contribution in [2.75, 3.05) is 13.2 Å². The summed E-state index contributed by atoms with van der Waals surface area (Å²) in [5.74, 6) is -0.927. The van der Waals surface area contributed by atoms with Gasteiger partial charge in [-0.1, -0.05) is 240 Å². The van der Waals surface area contributed by atoms with Gasteiger partial charge in [0, 0.05) is 19.3 Å². The third kappa shape index (κ3) is 57.1. The van der Waals surface area contributed by atoms with E-state index in [1.165, 1.54) is 141 Å². The summed E-state index contributed by atoms with van der Waals surface area (Å²) >= 11 is 0. The number of carbonyl (C=O) groups is 3. The van der Waals surface area contributed by atoms with Crippen molar-refractivity contribution >= 4 is 17.9 Å². The highest BCUT2D eigenvalue weighted by Crippen LogP contribution is 2.15. The SMILES string of the molecule is CC/C=C\C/C=C\C/C=C\C/C=C\C/C=C\CCCCCC(=O)OCC(COC(=O)CCCCCCCCC/C=C\CCCCCC)OC(=O)CCCCCCCCCCCC/C=C\C=C/CCCCC. The summed E-state index contributed by atoms with van der Waals surface area (Å²) < 4.78 is 16.9. The van der Waals surface area contributed by atoms with Crippen LogP contribution < -0.4 is 0 Å². The number of unbranched alkanes of at least 4 members (excludes halogenated alkanes) is 27. The highest BCUT2D eigenvalue weighted by molar-refractivity contribution is 5.71. The molecule has 71 heavy (non-hydrogen) atoms. The Kier molecular flexibility index (Phi) is 55.9. The summed E-state index contributed by atoms with van der Waals surface area (Å²) in [6.07, 6.45) is 78.2. The number of allylic oxidation sites excluding steroid dienone is 16. The van der Waals surface area contributed by atoms with Gasteiger partial charge >= 0.3 is 17.9 Å². The van der Waals surface area contributed by atoms with Crippen LogP contribution in [0, 0.1) is 0 Å². The van der Waals surface area contributed by atoms with Gasteiger partial charge in [-0.3, -0.25) is 14.4 Å². The molecule has 0 aliphatic carbocycles. The van der Waals surface area contributed by atoms with Crippen molar-refractivity contribution in [1.82, 2.24) is 0 Å². The van der Waals surface area contributed by atoms with Crippen molar-refractivity contribution < 1.29 is 28.6 Å². The van der Waals surface area contributed by atoms with Crippen LogP contribution in [0.1, 0.15) is 278 Å². The lowest BCUT2D eigenvalue weighted by Crippen LogP contribution is -2.30. The van der Waals surface area contributed by atoms with Crippen LogP contribution in [-0.4, -0.2) is 37.2 Å². The second kappa shape index (κ2) is 58.9. The molecule has 0 amide bonds. The third-order valence-electron chi connectivity index (χ3n) is 12.6. The van der Waals surface area contributed by atoms with E-state index in [4.69, 9.17) is 14.2 Å². The first-order chi connectivity index (χ1) is 35.0. The molecule has 0 saturated carbocycles. The van der Waals surface area contributed by atoms with E-state index in [0.717, 1.165) is 96.3 Å². The highest BCUT2D eigenvalue weighted by Gasteiger charge is 2.19. The summed E-state index contributed by atoms with van der Waals surface area (Å²) in [6, 6.07) is 0. The molecule has 0 aliphatic rings. The molecule has 0 fully saturated rings. The van der Waals surface area contributed by atoms with E-state index >= 15 is 0 Å². The second-order valence-corrected chi connectivity index (χ2v) is 19.5. The Bertz CT molecular complexity index is 1410. The molecule has 0 radical (unpaired) electrons. The lowest BCUT2D eigenvalue weighted by Gasteiger charge is -2.18. The molecule has 0 rings (SSSR count). The van der Waals surface area contributed by atoms with Gasteiger partial charge in [-0.05, 0) is 116 Å². The molecule has 1 atom stereocenters.